The number of hydrogen-bond donors (Lipinski definition) is 2. The summed E-state index contributed by atoms with van der Waals surface area (Å²) in [7, 11) is 0. The lowest BCUT2D eigenvalue weighted by Gasteiger charge is -2.24. The molecule has 1 aliphatic rings. The maximum atomic E-state index is 12.4. The van der Waals surface area contributed by atoms with Crippen molar-refractivity contribution in [2.75, 3.05) is 11.9 Å². The zero-order valence-electron chi connectivity index (χ0n) is 11.6. The first-order valence-electron chi connectivity index (χ1n) is 6.72. The van der Waals surface area contributed by atoms with Crippen LogP contribution in [-0.4, -0.2) is 22.5 Å². The molecule has 2 heterocycles. The molecule has 1 atom stereocenters. The minimum absolute atomic E-state index is 0.230. The van der Waals surface area contributed by atoms with E-state index in [0.717, 1.165) is 17.5 Å². The molecule has 6 heteroatoms. The maximum absolute atomic E-state index is 12.4. The van der Waals surface area contributed by atoms with Crippen LogP contribution >= 0.6 is 0 Å². The molecule has 1 amide bonds. The number of aromatic nitrogens is 2. The fourth-order valence-corrected chi connectivity index (χ4v) is 2.45. The van der Waals surface area contributed by atoms with Crippen LogP contribution in [0.25, 0.3) is 0 Å². The van der Waals surface area contributed by atoms with Crippen molar-refractivity contribution in [1.82, 2.24) is 9.97 Å². The molecule has 3 rings (SSSR count). The summed E-state index contributed by atoms with van der Waals surface area (Å²) in [6, 6.07) is 9.31. The average Bonchev–Trinajstić information content (AvgIpc) is 2.45. The molecule has 0 aliphatic carbocycles. The van der Waals surface area contributed by atoms with E-state index in [1.807, 2.05) is 24.3 Å². The van der Waals surface area contributed by atoms with Crippen molar-refractivity contribution in [3.05, 3.63) is 57.6 Å². The van der Waals surface area contributed by atoms with Gasteiger partial charge in [0.1, 0.15) is 5.82 Å². The Morgan fingerprint density at radius 1 is 1.43 bits per heavy atom. The zero-order chi connectivity index (χ0) is 14.8. The summed E-state index contributed by atoms with van der Waals surface area (Å²) in [5, 5.41) is 2.64. The van der Waals surface area contributed by atoms with Gasteiger partial charge < -0.3 is 15.0 Å². The Bertz CT molecular complexity index is 739. The van der Waals surface area contributed by atoms with E-state index in [1.165, 1.54) is 0 Å². The molecule has 2 aromatic rings. The van der Waals surface area contributed by atoms with Crippen LogP contribution in [0.2, 0.25) is 0 Å². The average molecular weight is 285 g/mol. The Balaban J connectivity index is 1.85. The second-order valence-electron chi connectivity index (χ2n) is 4.94. The number of carbonyl (C=O) groups is 1. The van der Waals surface area contributed by atoms with Crippen LogP contribution in [0.4, 0.5) is 5.82 Å². The van der Waals surface area contributed by atoms with Crippen LogP contribution in [0.5, 0.6) is 0 Å². The summed E-state index contributed by atoms with van der Waals surface area (Å²) in [6.07, 6.45) is 0.124. The van der Waals surface area contributed by atoms with Gasteiger partial charge in [0.05, 0.1) is 6.61 Å². The monoisotopic (exact) mass is 285 g/mol. The second-order valence-corrected chi connectivity index (χ2v) is 4.94. The highest BCUT2D eigenvalue weighted by atomic mass is 16.5. The first kappa shape index (κ1) is 13.5. The van der Waals surface area contributed by atoms with Gasteiger partial charge in [0.25, 0.3) is 5.91 Å². The molecule has 1 aromatic carbocycles. The van der Waals surface area contributed by atoms with Crippen LogP contribution in [0.3, 0.4) is 0 Å². The zero-order valence-corrected chi connectivity index (χ0v) is 11.6. The Kier molecular flexibility index (Phi) is 3.53. The number of nitrogens with zero attached hydrogens (tertiary/aromatic N) is 1. The van der Waals surface area contributed by atoms with E-state index in [-0.39, 0.29) is 11.7 Å². The van der Waals surface area contributed by atoms with E-state index in [9.17, 15) is 9.59 Å². The number of rotatable bonds is 2. The Morgan fingerprint density at radius 2 is 2.24 bits per heavy atom. The largest absolute Gasteiger partial charge is 0.363 e. The standard InChI is InChI=1S/C15H15N3O3/c1-9-8-12(18-15(20)16-9)17-14(19)13-11-5-3-2-4-10(11)6-7-21-13/h2-5,8,13H,6-7H2,1H3,(H2,16,17,18,19,20). The number of benzene rings is 1. The fraction of sp³-hybridized carbons (Fsp3) is 0.267. The molecule has 0 saturated carbocycles. The number of anilines is 1. The number of carbonyl (C=O) groups excluding carboxylic acids is 1. The molecule has 1 unspecified atom stereocenters. The predicted octanol–water partition coefficient (Wildman–Crippen LogP) is 1.33. The summed E-state index contributed by atoms with van der Waals surface area (Å²) in [5.74, 6) is -0.0902. The van der Waals surface area contributed by atoms with E-state index in [0.29, 0.717) is 12.3 Å². The lowest BCUT2D eigenvalue weighted by Crippen LogP contribution is -2.29. The smallest absolute Gasteiger partial charge is 0.347 e. The Labute approximate surface area is 121 Å². The van der Waals surface area contributed by atoms with Crippen LogP contribution in [0, 0.1) is 6.92 Å². The van der Waals surface area contributed by atoms with Crippen molar-refractivity contribution < 1.29 is 9.53 Å². The van der Waals surface area contributed by atoms with Crippen LogP contribution < -0.4 is 11.0 Å². The topological polar surface area (TPSA) is 84.1 Å². The van der Waals surface area contributed by atoms with Crippen LogP contribution in [0.1, 0.15) is 22.9 Å². The number of aryl methyl sites for hydroxylation is 1. The lowest BCUT2D eigenvalue weighted by molar-refractivity contribution is -0.128. The van der Waals surface area contributed by atoms with Gasteiger partial charge in [0.2, 0.25) is 0 Å². The van der Waals surface area contributed by atoms with Gasteiger partial charge in [0.15, 0.2) is 6.10 Å². The van der Waals surface area contributed by atoms with Gasteiger partial charge in [-0.25, -0.2) is 4.79 Å². The third kappa shape index (κ3) is 2.85. The third-order valence-corrected chi connectivity index (χ3v) is 3.36. The SMILES string of the molecule is Cc1cc(NC(=O)C2OCCc3ccccc32)nc(=O)[nH]1. The van der Waals surface area contributed by atoms with Crippen LogP contribution in [0.15, 0.2) is 35.1 Å². The van der Waals surface area contributed by atoms with Crippen molar-refractivity contribution in [3.8, 4) is 0 Å². The molecule has 6 nitrogen and oxygen atoms in total. The Morgan fingerprint density at radius 3 is 3.05 bits per heavy atom. The predicted molar refractivity (Wildman–Crippen MR) is 77.1 cm³/mol. The minimum Gasteiger partial charge on any atom is -0.363 e. The molecular weight excluding hydrogens is 270 g/mol. The summed E-state index contributed by atoms with van der Waals surface area (Å²) >= 11 is 0. The molecule has 0 saturated heterocycles. The maximum Gasteiger partial charge on any atom is 0.347 e. The van der Waals surface area contributed by atoms with E-state index in [1.54, 1.807) is 13.0 Å². The quantitative estimate of drug-likeness (QED) is 0.872. The first-order chi connectivity index (χ1) is 10.1. The van der Waals surface area contributed by atoms with Gasteiger partial charge in [-0.1, -0.05) is 24.3 Å². The van der Waals surface area contributed by atoms with Crippen molar-refractivity contribution in [2.24, 2.45) is 0 Å². The van der Waals surface area contributed by atoms with Crippen LogP contribution in [-0.2, 0) is 16.0 Å². The number of aromatic amines is 1. The fourth-order valence-electron chi connectivity index (χ4n) is 2.45. The van der Waals surface area contributed by atoms with Crippen molar-refractivity contribution in [3.63, 3.8) is 0 Å². The Hall–Kier alpha value is -2.47. The normalized spacial score (nSPS) is 17.1. The molecule has 1 aliphatic heterocycles. The number of fused-ring (bicyclic) bond motifs is 1. The van der Waals surface area contributed by atoms with Crippen molar-refractivity contribution >= 4 is 11.7 Å². The number of hydrogen-bond acceptors (Lipinski definition) is 4. The molecular formula is C15H15N3O3. The molecule has 0 fully saturated rings. The molecule has 108 valence electrons. The lowest BCUT2D eigenvalue weighted by atomic mass is 9.97. The van der Waals surface area contributed by atoms with E-state index in [2.05, 4.69) is 15.3 Å². The summed E-state index contributed by atoms with van der Waals surface area (Å²) in [6.45, 7) is 2.22. The molecule has 0 bridgehead atoms. The van der Waals surface area contributed by atoms with Gasteiger partial charge in [-0.05, 0) is 24.5 Å². The number of ether oxygens (including phenoxy) is 1. The molecule has 21 heavy (non-hydrogen) atoms. The van der Waals surface area contributed by atoms with Gasteiger partial charge in [-0.3, -0.25) is 4.79 Å². The van der Waals surface area contributed by atoms with Gasteiger partial charge >= 0.3 is 5.69 Å². The highest BCUT2D eigenvalue weighted by molar-refractivity contribution is 5.94. The summed E-state index contributed by atoms with van der Waals surface area (Å²) < 4.78 is 5.57. The molecule has 0 spiro atoms. The highest BCUT2D eigenvalue weighted by Gasteiger charge is 2.27. The summed E-state index contributed by atoms with van der Waals surface area (Å²) in [5.41, 5.74) is 2.12. The highest BCUT2D eigenvalue weighted by Crippen LogP contribution is 2.27. The van der Waals surface area contributed by atoms with E-state index >= 15 is 0 Å². The molecule has 0 radical (unpaired) electrons. The second kappa shape index (κ2) is 5.49. The minimum atomic E-state index is -0.670. The van der Waals surface area contributed by atoms with Gasteiger partial charge in [-0.15, -0.1) is 0 Å². The molecule has 2 N–H and O–H groups in total. The van der Waals surface area contributed by atoms with Gasteiger partial charge in [0, 0.05) is 11.8 Å². The van der Waals surface area contributed by atoms with Crippen molar-refractivity contribution in [2.45, 2.75) is 19.4 Å². The third-order valence-electron chi connectivity index (χ3n) is 3.36. The number of amides is 1. The number of H-pyrrole nitrogens is 1. The summed E-state index contributed by atoms with van der Waals surface area (Å²) in [4.78, 5) is 29.9. The van der Waals surface area contributed by atoms with E-state index in [4.69, 9.17) is 4.74 Å². The number of nitrogens with one attached hydrogen (secondary N) is 2. The first-order valence-corrected chi connectivity index (χ1v) is 6.72. The van der Waals surface area contributed by atoms with Gasteiger partial charge in [-0.2, -0.15) is 4.98 Å². The van der Waals surface area contributed by atoms with E-state index < -0.39 is 11.8 Å². The molecule has 1 aromatic heterocycles. The van der Waals surface area contributed by atoms with Crippen molar-refractivity contribution in [1.29, 1.82) is 0 Å².